The summed E-state index contributed by atoms with van der Waals surface area (Å²) < 4.78 is 36.7. The van der Waals surface area contributed by atoms with Gasteiger partial charge in [0.2, 0.25) is 0 Å². The fraction of sp³-hybridized carbons (Fsp3) is 0.500. The second-order valence-electron chi connectivity index (χ2n) is 3.81. The minimum absolute atomic E-state index is 0.214. The van der Waals surface area contributed by atoms with Crippen molar-refractivity contribution in [1.82, 2.24) is 15.3 Å². The number of aromatic nitrogens is 2. The van der Waals surface area contributed by atoms with Crippen LogP contribution >= 0.6 is 0 Å². The number of hydrogen-bond acceptors (Lipinski definition) is 5. The molecule has 0 spiro atoms. The summed E-state index contributed by atoms with van der Waals surface area (Å²) >= 11 is 0. The van der Waals surface area contributed by atoms with Crippen LogP contribution in [0.25, 0.3) is 0 Å². The fourth-order valence-electron chi connectivity index (χ4n) is 1.19. The number of halogens is 3. The lowest BCUT2D eigenvalue weighted by Crippen LogP contribution is -2.34. The highest BCUT2D eigenvalue weighted by molar-refractivity contribution is 5.72. The van der Waals surface area contributed by atoms with Crippen LogP contribution in [0.4, 0.5) is 13.2 Å². The highest BCUT2D eigenvalue weighted by Crippen LogP contribution is 2.26. The minimum Gasteiger partial charge on any atom is -0.479 e. The molecule has 0 aliphatic carbocycles. The summed E-state index contributed by atoms with van der Waals surface area (Å²) in [7, 11) is 0. The van der Waals surface area contributed by atoms with Crippen molar-refractivity contribution in [2.24, 2.45) is 0 Å². The van der Waals surface area contributed by atoms with E-state index in [9.17, 15) is 18.0 Å². The second-order valence-corrected chi connectivity index (χ2v) is 3.81. The Balaban J connectivity index is 2.63. The summed E-state index contributed by atoms with van der Waals surface area (Å²) in [5, 5.41) is 20.1. The number of carboxylic acids is 1. The summed E-state index contributed by atoms with van der Waals surface area (Å²) in [4.78, 5) is 17.2. The van der Waals surface area contributed by atoms with Crippen molar-refractivity contribution < 1.29 is 28.2 Å². The van der Waals surface area contributed by atoms with Crippen LogP contribution in [0.5, 0.6) is 0 Å². The summed E-state index contributed by atoms with van der Waals surface area (Å²) in [5.41, 5.74) is -0.889. The molecule has 0 fully saturated rings. The molecule has 0 aromatic carbocycles. The molecule has 3 N–H and O–H groups in total. The van der Waals surface area contributed by atoms with E-state index in [0.29, 0.717) is 6.20 Å². The molecule has 9 heteroatoms. The maximum absolute atomic E-state index is 12.2. The van der Waals surface area contributed by atoms with Gasteiger partial charge < -0.3 is 15.5 Å². The molecule has 1 heterocycles. The molecule has 0 amide bonds. The maximum atomic E-state index is 12.2. The van der Waals surface area contributed by atoms with Crippen LogP contribution in [0, 0.1) is 0 Å². The van der Waals surface area contributed by atoms with Crippen molar-refractivity contribution in [2.45, 2.75) is 25.2 Å². The standard InChI is InChI=1S/C10H12F3N3O3/c1-5(14-3-7(17)9(18)19)6-2-16-8(4-15-6)10(11,12)13/h2,4-5,7,14,17H,3H2,1H3,(H,18,19)/t5-,7?/m0/s1. The number of alkyl halides is 3. The Hall–Kier alpha value is -1.74. The molecule has 0 saturated carbocycles. The van der Waals surface area contributed by atoms with E-state index in [-0.39, 0.29) is 12.2 Å². The molecule has 0 aliphatic heterocycles. The Morgan fingerprint density at radius 1 is 1.42 bits per heavy atom. The predicted octanol–water partition coefficient (Wildman–Crippen LogP) is 0.591. The second kappa shape index (κ2) is 5.93. The topological polar surface area (TPSA) is 95.3 Å². The number of aliphatic hydroxyl groups excluding tert-OH is 1. The van der Waals surface area contributed by atoms with Gasteiger partial charge in [0.15, 0.2) is 11.8 Å². The third-order valence-electron chi connectivity index (χ3n) is 2.31. The summed E-state index contributed by atoms with van der Waals surface area (Å²) in [6, 6.07) is -0.538. The molecule has 0 radical (unpaired) electrons. The largest absolute Gasteiger partial charge is 0.479 e. The Kier molecular flexibility index (Phi) is 4.78. The zero-order valence-electron chi connectivity index (χ0n) is 9.85. The number of aliphatic hydroxyl groups is 1. The first-order valence-corrected chi connectivity index (χ1v) is 5.25. The van der Waals surface area contributed by atoms with Gasteiger partial charge in [-0.1, -0.05) is 0 Å². The molecule has 1 rings (SSSR count). The Labute approximate surface area is 106 Å². The molecule has 106 valence electrons. The van der Waals surface area contributed by atoms with E-state index in [1.165, 1.54) is 0 Å². The van der Waals surface area contributed by atoms with Gasteiger partial charge in [-0.05, 0) is 6.92 Å². The van der Waals surface area contributed by atoms with Gasteiger partial charge in [-0.25, -0.2) is 9.78 Å². The SMILES string of the molecule is C[C@H](NCC(O)C(=O)O)c1cnc(C(F)(F)F)cn1. The average Bonchev–Trinajstić information content (AvgIpc) is 2.34. The lowest BCUT2D eigenvalue weighted by Gasteiger charge is -2.15. The molecule has 1 aromatic rings. The molecule has 1 aromatic heterocycles. The number of nitrogens with one attached hydrogen (secondary N) is 1. The summed E-state index contributed by atoms with van der Waals surface area (Å²) in [6.07, 6.45) is -4.60. The lowest BCUT2D eigenvalue weighted by atomic mass is 10.2. The number of carboxylic acid groups (broad SMARTS) is 1. The third kappa shape index (κ3) is 4.45. The summed E-state index contributed by atoms with van der Waals surface area (Å²) in [5.74, 6) is -1.39. The van der Waals surface area contributed by atoms with Crippen LogP contribution in [0.1, 0.15) is 24.4 Å². The average molecular weight is 279 g/mol. The zero-order valence-corrected chi connectivity index (χ0v) is 9.85. The van der Waals surface area contributed by atoms with E-state index in [0.717, 1.165) is 6.20 Å². The maximum Gasteiger partial charge on any atom is 0.434 e. The molecule has 1 unspecified atom stereocenters. The van der Waals surface area contributed by atoms with Crippen LogP contribution in [0.3, 0.4) is 0 Å². The van der Waals surface area contributed by atoms with Crippen LogP contribution < -0.4 is 5.32 Å². The number of nitrogens with zero attached hydrogens (tertiary/aromatic N) is 2. The fourth-order valence-corrected chi connectivity index (χ4v) is 1.19. The van der Waals surface area contributed by atoms with Gasteiger partial charge in [-0.3, -0.25) is 4.98 Å². The van der Waals surface area contributed by atoms with Crippen molar-refractivity contribution in [3.05, 3.63) is 23.8 Å². The first-order chi connectivity index (χ1) is 8.71. The van der Waals surface area contributed by atoms with Gasteiger partial charge in [0, 0.05) is 12.6 Å². The summed E-state index contributed by atoms with van der Waals surface area (Å²) in [6.45, 7) is 1.31. The molecule has 2 atom stereocenters. The van der Waals surface area contributed by atoms with Crippen molar-refractivity contribution in [3.63, 3.8) is 0 Å². The van der Waals surface area contributed by atoms with Gasteiger partial charge >= 0.3 is 12.1 Å². The first kappa shape index (κ1) is 15.3. The van der Waals surface area contributed by atoms with E-state index in [4.69, 9.17) is 10.2 Å². The smallest absolute Gasteiger partial charge is 0.434 e. The van der Waals surface area contributed by atoms with E-state index in [1.807, 2.05) is 0 Å². The number of hydrogen-bond donors (Lipinski definition) is 3. The molecule has 0 saturated heterocycles. The highest BCUT2D eigenvalue weighted by Gasteiger charge is 2.32. The molecular weight excluding hydrogens is 267 g/mol. The van der Waals surface area contributed by atoms with Crippen molar-refractivity contribution >= 4 is 5.97 Å². The minimum atomic E-state index is -4.55. The normalized spacial score (nSPS) is 15.0. The van der Waals surface area contributed by atoms with Gasteiger partial charge in [0.1, 0.15) is 0 Å². The van der Waals surface area contributed by atoms with Crippen LogP contribution in [0.15, 0.2) is 12.4 Å². The molecule has 0 bridgehead atoms. The van der Waals surface area contributed by atoms with Crippen molar-refractivity contribution in [2.75, 3.05) is 6.54 Å². The van der Waals surface area contributed by atoms with Crippen LogP contribution in [-0.4, -0.2) is 38.8 Å². The quantitative estimate of drug-likeness (QED) is 0.730. The monoisotopic (exact) mass is 279 g/mol. The number of rotatable bonds is 5. The first-order valence-electron chi connectivity index (χ1n) is 5.25. The van der Waals surface area contributed by atoms with E-state index in [1.54, 1.807) is 6.92 Å². The van der Waals surface area contributed by atoms with Gasteiger partial charge in [-0.2, -0.15) is 13.2 Å². The lowest BCUT2D eigenvalue weighted by molar-refractivity contribution is -0.146. The van der Waals surface area contributed by atoms with Crippen molar-refractivity contribution in [1.29, 1.82) is 0 Å². The molecular formula is C10H12F3N3O3. The molecule has 0 aliphatic rings. The Bertz CT molecular complexity index is 436. The predicted molar refractivity (Wildman–Crippen MR) is 57.1 cm³/mol. The van der Waals surface area contributed by atoms with Crippen LogP contribution in [-0.2, 0) is 11.0 Å². The van der Waals surface area contributed by atoms with Gasteiger partial charge in [-0.15, -0.1) is 0 Å². The van der Waals surface area contributed by atoms with E-state index >= 15 is 0 Å². The molecule has 19 heavy (non-hydrogen) atoms. The third-order valence-corrected chi connectivity index (χ3v) is 2.31. The Morgan fingerprint density at radius 2 is 2.05 bits per heavy atom. The van der Waals surface area contributed by atoms with E-state index in [2.05, 4.69) is 15.3 Å². The van der Waals surface area contributed by atoms with Gasteiger partial charge in [0.25, 0.3) is 0 Å². The van der Waals surface area contributed by atoms with Crippen LogP contribution in [0.2, 0.25) is 0 Å². The van der Waals surface area contributed by atoms with E-state index < -0.39 is 30.0 Å². The number of carbonyl (C=O) groups is 1. The Morgan fingerprint density at radius 3 is 2.47 bits per heavy atom. The highest BCUT2D eigenvalue weighted by atomic mass is 19.4. The number of aliphatic carboxylic acids is 1. The molecule has 6 nitrogen and oxygen atoms in total. The van der Waals surface area contributed by atoms with Gasteiger partial charge in [0.05, 0.1) is 18.1 Å². The zero-order chi connectivity index (χ0) is 14.6. The van der Waals surface area contributed by atoms with Crippen molar-refractivity contribution in [3.8, 4) is 0 Å².